The van der Waals surface area contributed by atoms with Crippen molar-refractivity contribution in [2.24, 2.45) is 0 Å². The molecule has 0 unspecified atom stereocenters. The van der Waals surface area contributed by atoms with Crippen LogP contribution in [0.2, 0.25) is 0 Å². The third-order valence-corrected chi connectivity index (χ3v) is 11.6. The van der Waals surface area contributed by atoms with Gasteiger partial charge in [0.05, 0.1) is 23.3 Å². The largest absolute Gasteiger partial charge is 0.455 e. The first-order valence-electron chi connectivity index (χ1n) is 19.1. The highest BCUT2D eigenvalue weighted by molar-refractivity contribution is 6.25. The van der Waals surface area contributed by atoms with E-state index in [4.69, 9.17) is 4.42 Å². The van der Waals surface area contributed by atoms with Crippen molar-refractivity contribution in [2.45, 2.75) is 0 Å². The second-order valence-corrected chi connectivity index (χ2v) is 14.5. The van der Waals surface area contributed by atoms with Gasteiger partial charge in [-0.15, -0.1) is 0 Å². The number of fused-ring (bicyclic) bond motifs is 7. The van der Waals surface area contributed by atoms with Crippen LogP contribution in [-0.4, -0.2) is 0 Å². The van der Waals surface area contributed by atoms with Crippen molar-refractivity contribution in [2.75, 3.05) is 0 Å². The molecular formula is C54H30N2O. The average molecular weight is 723 g/mol. The maximum atomic E-state index is 10.1. The van der Waals surface area contributed by atoms with E-state index in [0.717, 1.165) is 110 Å². The number of nitriles is 2. The van der Waals surface area contributed by atoms with Crippen LogP contribution in [-0.2, 0) is 0 Å². The first kappa shape index (κ1) is 32.5. The predicted molar refractivity (Wildman–Crippen MR) is 235 cm³/mol. The van der Waals surface area contributed by atoms with Crippen LogP contribution in [0.25, 0.3) is 110 Å². The second kappa shape index (κ2) is 12.8. The Kier molecular flexibility index (Phi) is 7.30. The van der Waals surface area contributed by atoms with Crippen molar-refractivity contribution in [3.63, 3.8) is 0 Å². The molecule has 0 aliphatic rings. The van der Waals surface area contributed by atoms with Gasteiger partial charge in [-0.05, 0) is 89.6 Å². The lowest BCUT2D eigenvalue weighted by Crippen LogP contribution is -1.92. The van der Waals surface area contributed by atoms with Crippen LogP contribution >= 0.6 is 0 Å². The van der Waals surface area contributed by atoms with Crippen molar-refractivity contribution in [3.05, 3.63) is 193 Å². The van der Waals surface area contributed by atoms with Crippen molar-refractivity contribution >= 4 is 65.0 Å². The summed E-state index contributed by atoms with van der Waals surface area (Å²) in [6.07, 6.45) is 0. The van der Waals surface area contributed by atoms with Crippen molar-refractivity contribution in [3.8, 4) is 56.6 Å². The van der Waals surface area contributed by atoms with Gasteiger partial charge in [0.15, 0.2) is 0 Å². The Bertz CT molecular complexity index is 3440. The molecule has 0 fully saturated rings. The Morgan fingerprint density at radius 3 is 1.14 bits per heavy atom. The molecule has 57 heavy (non-hydrogen) atoms. The summed E-state index contributed by atoms with van der Waals surface area (Å²) in [6, 6.07) is 67.7. The van der Waals surface area contributed by atoms with Crippen LogP contribution in [0.3, 0.4) is 0 Å². The molecule has 0 aliphatic carbocycles. The third kappa shape index (κ3) is 4.84. The first-order chi connectivity index (χ1) is 28.2. The highest BCUT2D eigenvalue weighted by atomic mass is 16.3. The minimum atomic E-state index is 0.651. The molecule has 0 aliphatic heterocycles. The lowest BCUT2D eigenvalue weighted by atomic mass is 9.84. The lowest BCUT2D eigenvalue weighted by molar-refractivity contribution is 0.670. The van der Waals surface area contributed by atoms with Gasteiger partial charge in [0, 0.05) is 33.0 Å². The van der Waals surface area contributed by atoms with Crippen LogP contribution in [0.4, 0.5) is 0 Å². The topological polar surface area (TPSA) is 60.7 Å². The van der Waals surface area contributed by atoms with Gasteiger partial charge in [-0.3, -0.25) is 0 Å². The molecule has 3 nitrogen and oxygen atoms in total. The van der Waals surface area contributed by atoms with E-state index in [-0.39, 0.29) is 0 Å². The number of hydrogen-bond acceptors (Lipinski definition) is 3. The lowest BCUT2D eigenvalue weighted by Gasteiger charge is -2.18. The maximum Gasteiger partial charge on any atom is 0.143 e. The molecule has 3 heteroatoms. The fourth-order valence-corrected chi connectivity index (χ4v) is 9.19. The Balaban J connectivity index is 1.17. The standard InChI is InChI=1S/C54H30N2O/c55-31-34-14-1-3-16-36(34)51-41-20-7-5-18-39(41)50(40-19-6-8-21-42(40)51)33-28-29-38-47-26-13-27-48(54(47)57-49(38)30-33)53-45-24-11-9-22-43(45)52(44-23-10-12-25-46(44)53)37-17-4-2-15-35(37)32-56/h1-30H. The summed E-state index contributed by atoms with van der Waals surface area (Å²) in [6.45, 7) is 0. The van der Waals surface area contributed by atoms with Gasteiger partial charge >= 0.3 is 0 Å². The smallest absolute Gasteiger partial charge is 0.143 e. The van der Waals surface area contributed by atoms with E-state index in [9.17, 15) is 10.5 Å². The fourth-order valence-electron chi connectivity index (χ4n) is 9.19. The maximum absolute atomic E-state index is 10.1. The molecule has 0 saturated carbocycles. The van der Waals surface area contributed by atoms with Gasteiger partial charge in [-0.25, -0.2) is 0 Å². The Labute approximate surface area is 328 Å². The monoisotopic (exact) mass is 722 g/mol. The average Bonchev–Trinajstić information content (AvgIpc) is 3.65. The van der Waals surface area contributed by atoms with Gasteiger partial charge in [0.2, 0.25) is 0 Å². The van der Waals surface area contributed by atoms with Gasteiger partial charge in [0.1, 0.15) is 11.2 Å². The Morgan fingerprint density at radius 2 is 0.684 bits per heavy atom. The molecule has 0 saturated heterocycles. The minimum absolute atomic E-state index is 0.651. The summed E-state index contributed by atoms with van der Waals surface area (Å²) in [7, 11) is 0. The summed E-state index contributed by atoms with van der Waals surface area (Å²) in [5.74, 6) is 0. The quantitative estimate of drug-likeness (QED) is 0.170. The number of furan rings is 1. The summed E-state index contributed by atoms with van der Waals surface area (Å²) < 4.78 is 7.02. The van der Waals surface area contributed by atoms with Crippen molar-refractivity contribution in [1.82, 2.24) is 0 Å². The number of para-hydroxylation sites is 1. The minimum Gasteiger partial charge on any atom is -0.455 e. The fraction of sp³-hybridized carbons (Fsp3) is 0. The Hall–Kier alpha value is -7.98. The normalized spacial score (nSPS) is 11.5. The molecule has 11 rings (SSSR count). The highest BCUT2D eigenvalue weighted by Gasteiger charge is 2.23. The zero-order valence-electron chi connectivity index (χ0n) is 30.6. The van der Waals surface area contributed by atoms with Gasteiger partial charge < -0.3 is 4.42 Å². The molecule has 1 aromatic heterocycles. The van der Waals surface area contributed by atoms with Crippen molar-refractivity contribution < 1.29 is 4.42 Å². The van der Waals surface area contributed by atoms with E-state index in [0.29, 0.717) is 11.1 Å². The van der Waals surface area contributed by atoms with E-state index in [2.05, 4.69) is 158 Å². The summed E-state index contributed by atoms with van der Waals surface area (Å²) >= 11 is 0. The van der Waals surface area contributed by atoms with E-state index >= 15 is 0 Å². The van der Waals surface area contributed by atoms with Crippen molar-refractivity contribution in [1.29, 1.82) is 10.5 Å². The molecule has 0 N–H and O–H groups in total. The summed E-state index contributed by atoms with van der Waals surface area (Å²) in [5, 5.41) is 31.2. The van der Waals surface area contributed by atoms with Crippen LogP contribution in [0.5, 0.6) is 0 Å². The van der Waals surface area contributed by atoms with Crippen LogP contribution in [0.15, 0.2) is 186 Å². The van der Waals surface area contributed by atoms with E-state index in [1.165, 1.54) is 0 Å². The van der Waals surface area contributed by atoms with Crippen LogP contribution in [0, 0.1) is 22.7 Å². The van der Waals surface area contributed by atoms with Gasteiger partial charge in [-0.2, -0.15) is 10.5 Å². The summed E-state index contributed by atoms with van der Waals surface area (Å²) in [4.78, 5) is 0. The number of benzene rings is 10. The number of rotatable bonds is 4. The molecule has 11 aromatic rings. The zero-order valence-corrected chi connectivity index (χ0v) is 30.6. The molecule has 0 amide bonds. The summed E-state index contributed by atoms with van der Waals surface area (Å²) in [5.41, 5.74) is 11.3. The Morgan fingerprint density at radius 1 is 0.316 bits per heavy atom. The zero-order chi connectivity index (χ0) is 38.0. The molecular weight excluding hydrogens is 693 g/mol. The number of nitrogens with zero attached hydrogens (tertiary/aromatic N) is 2. The number of hydrogen-bond donors (Lipinski definition) is 0. The van der Waals surface area contributed by atoms with Gasteiger partial charge in [-0.1, -0.05) is 158 Å². The van der Waals surface area contributed by atoms with E-state index in [1.54, 1.807) is 0 Å². The van der Waals surface area contributed by atoms with E-state index < -0.39 is 0 Å². The van der Waals surface area contributed by atoms with E-state index in [1.807, 2.05) is 36.4 Å². The molecule has 0 spiro atoms. The third-order valence-electron chi connectivity index (χ3n) is 11.6. The highest BCUT2D eigenvalue weighted by Crippen LogP contribution is 2.49. The molecule has 0 atom stereocenters. The molecule has 262 valence electrons. The first-order valence-corrected chi connectivity index (χ1v) is 19.1. The molecule has 1 heterocycles. The van der Waals surface area contributed by atoms with Crippen LogP contribution in [0.1, 0.15) is 11.1 Å². The predicted octanol–water partition coefficient (Wildman–Crippen LogP) is 14.6. The SMILES string of the molecule is N#Cc1ccccc1-c1c2ccccc2c(-c2ccc3c(c2)oc2c(-c4c5ccccc5c(-c5ccccc5C#N)c5ccccc45)cccc23)c2ccccc12. The van der Waals surface area contributed by atoms with Crippen LogP contribution < -0.4 is 0 Å². The molecule has 0 radical (unpaired) electrons. The molecule has 0 bridgehead atoms. The molecule has 10 aromatic carbocycles. The van der Waals surface area contributed by atoms with Gasteiger partial charge in [0.25, 0.3) is 0 Å². The second-order valence-electron chi connectivity index (χ2n) is 14.5.